The monoisotopic (exact) mass is 302 g/mol. The zero-order chi connectivity index (χ0) is 16.6. The van der Waals surface area contributed by atoms with Gasteiger partial charge >= 0.3 is 23.9 Å². The van der Waals surface area contributed by atoms with Crippen LogP contribution in [0.25, 0.3) is 0 Å². The van der Waals surface area contributed by atoms with Gasteiger partial charge in [-0.3, -0.25) is 0 Å². The van der Waals surface area contributed by atoms with Crippen molar-refractivity contribution in [3.8, 4) is 0 Å². The van der Waals surface area contributed by atoms with Gasteiger partial charge in [0, 0.05) is 11.6 Å². The molecule has 0 heterocycles. The Morgan fingerprint density at radius 3 is 1.71 bits per heavy atom. The molecule has 0 spiro atoms. The molecule has 0 aliphatic rings. The number of hydrogen-bond acceptors (Lipinski definition) is 8. The largest absolute Gasteiger partial charge is 0.466 e. The van der Waals surface area contributed by atoms with Crippen LogP contribution in [-0.2, 0) is 38.1 Å². The lowest BCUT2D eigenvalue weighted by Crippen LogP contribution is -2.26. The first kappa shape index (κ1) is 18.6. The van der Waals surface area contributed by atoms with Crippen molar-refractivity contribution in [2.24, 2.45) is 0 Å². The zero-order valence-corrected chi connectivity index (χ0v) is 12.5. The van der Waals surface area contributed by atoms with Gasteiger partial charge in [-0.1, -0.05) is 0 Å². The van der Waals surface area contributed by atoms with E-state index in [9.17, 15) is 19.2 Å². The molecule has 118 valence electrons. The van der Waals surface area contributed by atoms with Crippen molar-refractivity contribution in [2.75, 3.05) is 14.2 Å². The van der Waals surface area contributed by atoms with E-state index in [0.29, 0.717) is 0 Å². The van der Waals surface area contributed by atoms with Crippen molar-refractivity contribution in [3.63, 3.8) is 0 Å². The van der Waals surface area contributed by atoms with Crippen molar-refractivity contribution >= 4 is 23.9 Å². The SMILES string of the molecule is COC(=O)C(C)OC(=O)/C=C(/C)C(=O)OC(C)C(=O)OC. The average molecular weight is 302 g/mol. The van der Waals surface area contributed by atoms with E-state index in [-0.39, 0.29) is 5.57 Å². The van der Waals surface area contributed by atoms with Crippen molar-refractivity contribution in [1.29, 1.82) is 0 Å². The summed E-state index contributed by atoms with van der Waals surface area (Å²) in [6, 6.07) is 0. The number of rotatable bonds is 6. The van der Waals surface area contributed by atoms with E-state index in [1.54, 1.807) is 0 Å². The maximum absolute atomic E-state index is 11.6. The molecule has 0 aromatic heterocycles. The predicted molar refractivity (Wildman–Crippen MR) is 68.9 cm³/mol. The first-order chi connectivity index (χ1) is 9.72. The van der Waals surface area contributed by atoms with Gasteiger partial charge in [0.25, 0.3) is 0 Å². The van der Waals surface area contributed by atoms with Crippen LogP contribution < -0.4 is 0 Å². The molecule has 0 radical (unpaired) electrons. The number of methoxy groups -OCH3 is 2. The molecule has 0 aromatic rings. The second-order valence-electron chi connectivity index (χ2n) is 4.00. The molecule has 2 unspecified atom stereocenters. The third kappa shape index (κ3) is 6.55. The summed E-state index contributed by atoms with van der Waals surface area (Å²) in [7, 11) is 2.31. The van der Waals surface area contributed by atoms with E-state index in [0.717, 1.165) is 20.3 Å². The normalized spacial score (nSPS) is 13.7. The molecular formula is C13H18O8. The van der Waals surface area contributed by atoms with Crippen LogP contribution in [-0.4, -0.2) is 50.3 Å². The van der Waals surface area contributed by atoms with E-state index < -0.39 is 36.1 Å². The van der Waals surface area contributed by atoms with E-state index >= 15 is 0 Å². The van der Waals surface area contributed by atoms with E-state index in [2.05, 4.69) is 9.47 Å². The van der Waals surface area contributed by atoms with Crippen molar-refractivity contribution in [1.82, 2.24) is 0 Å². The Kier molecular flexibility index (Phi) is 7.74. The third-order valence-corrected chi connectivity index (χ3v) is 2.30. The highest BCUT2D eigenvalue weighted by Crippen LogP contribution is 2.04. The number of carbonyl (C=O) groups is 4. The summed E-state index contributed by atoms with van der Waals surface area (Å²) in [5.74, 6) is -3.24. The second kappa shape index (κ2) is 8.72. The summed E-state index contributed by atoms with van der Waals surface area (Å²) in [6.45, 7) is 3.95. The highest BCUT2D eigenvalue weighted by atomic mass is 16.6. The molecule has 2 atom stereocenters. The molecule has 0 aromatic carbocycles. The second-order valence-corrected chi connectivity index (χ2v) is 4.00. The van der Waals surface area contributed by atoms with Crippen molar-refractivity contribution in [3.05, 3.63) is 11.6 Å². The van der Waals surface area contributed by atoms with Crippen LogP contribution >= 0.6 is 0 Å². The Bertz CT molecular complexity index is 451. The van der Waals surface area contributed by atoms with Gasteiger partial charge in [0.2, 0.25) is 0 Å². The van der Waals surface area contributed by atoms with Crippen molar-refractivity contribution < 1.29 is 38.1 Å². The fraction of sp³-hybridized carbons (Fsp3) is 0.538. The molecule has 0 saturated heterocycles. The molecule has 0 bridgehead atoms. The fourth-order valence-corrected chi connectivity index (χ4v) is 1.13. The van der Waals surface area contributed by atoms with Crippen molar-refractivity contribution in [2.45, 2.75) is 33.0 Å². The van der Waals surface area contributed by atoms with Crippen LogP contribution in [0, 0.1) is 0 Å². The summed E-state index contributed by atoms with van der Waals surface area (Å²) in [6.07, 6.45) is -1.35. The molecule has 0 saturated carbocycles. The third-order valence-electron chi connectivity index (χ3n) is 2.30. The van der Waals surface area contributed by atoms with Gasteiger partial charge in [0.1, 0.15) is 0 Å². The minimum absolute atomic E-state index is 0.0900. The molecule has 0 rings (SSSR count). The maximum atomic E-state index is 11.6. The molecular weight excluding hydrogens is 284 g/mol. The summed E-state index contributed by atoms with van der Waals surface area (Å²) in [5.41, 5.74) is -0.0900. The molecule has 0 amide bonds. The van der Waals surface area contributed by atoms with Gasteiger partial charge in [0.05, 0.1) is 14.2 Å². The Hall–Kier alpha value is -2.38. The lowest BCUT2D eigenvalue weighted by molar-refractivity contribution is -0.163. The molecule has 8 heteroatoms. The predicted octanol–water partition coefficient (Wildman–Crippen LogP) is 0.142. The van der Waals surface area contributed by atoms with E-state index in [4.69, 9.17) is 9.47 Å². The number of esters is 4. The molecule has 0 N–H and O–H groups in total. The summed E-state index contributed by atoms with van der Waals surface area (Å²) in [5, 5.41) is 0. The average Bonchev–Trinajstić information content (AvgIpc) is 2.44. The highest BCUT2D eigenvalue weighted by molar-refractivity contribution is 5.97. The quantitative estimate of drug-likeness (QED) is 0.387. The van der Waals surface area contributed by atoms with Crippen LogP contribution in [0.15, 0.2) is 11.6 Å². The van der Waals surface area contributed by atoms with Crippen LogP contribution in [0.3, 0.4) is 0 Å². The summed E-state index contributed by atoms with van der Waals surface area (Å²) in [4.78, 5) is 45.2. The maximum Gasteiger partial charge on any atom is 0.346 e. The Balaban J connectivity index is 4.58. The number of hydrogen-bond donors (Lipinski definition) is 0. The minimum atomic E-state index is -1.10. The van der Waals surface area contributed by atoms with Crippen LogP contribution in [0.4, 0.5) is 0 Å². The topological polar surface area (TPSA) is 105 Å². The van der Waals surface area contributed by atoms with Gasteiger partial charge in [-0.05, 0) is 20.8 Å². The highest BCUT2D eigenvalue weighted by Gasteiger charge is 2.21. The Morgan fingerprint density at radius 2 is 1.29 bits per heavy atom. The summed E-state index contributed by atoms with van der Waals surface area (Å²) < 4.78 is 18.2. The van der Waals surface area contributed by atoms with Crippen LogP contribution in [0.5, 0.6) is 0 Å². The first-order valence-corrected chi connectivity index (χ1v) is 5.98. The van der Waals surface area contributed by atoms with E-state index in [1.807, 2.05) is 0 Å². The van der Waals surface area contributed by atoms with Gasteiger partial charge in [-0.25, -0.2) is 19.2 Å². The number of ether oxygens (including phenoxy) is 4. The molecule has 8 nitrogen and oxygen atoms in total. The molecule has 0 fully saturated rings. The van der Waals surface area contributed by atoms with Gasteiger partial charge in [0.15, 0.2) is 12.2 Å². The van der Waals surface area contributed by atoms with Crippen LogP contribution in [0.1, 0.15) is 20.8 Å². The minimum Gasteiger partial charge on any atom is -0.466 e. The van der Waals surface area contributed by atoms with Gasteiger partial charge < -0.3 is 18.9 Å². The first-order valence-electron chi connectivity index (χ1n) is 5.98. The smallest absolute Gasteiger partial charge is 0.346 e. The van der Waals surface area contributed by atoms with Crippen LogP contribution in [0.2, 0.25) is 0 Å². The standard InChI is InChI=1S/C13H18O8/c1-7(11(15)21-9(3)13(17)19-5)6-10(14)20-8(2)12(16)18-4/h6,8-9H,1-5H3/b7-6-. The molecule has 21 heavy (non-hydrogen) atoms. The van der Waals surface area contributed by atoms with Gasteiger partial charge in [-0.2, -0.15) is 0 Å². The molecule has 0 aliphatic carbocycles. The van der Waals surface area contributed by atoms with E-state index in [1.165, 1.54) is 20.8 Å². The number of carbonyl (C=O) groups excluding carboxylic acids is 4. The Labute approximate surface area is 122 Å². The van der Waals surface area contributed by atoms with Gasteiger partial charge in [-0.15, -0.1) is 0 Å². The lowest BCUT2D eigenvalue weighted by Gasteiger charge is -2.11. The molecule has 0 aliphatic heterocycles. The zero-order valence-electron chi connectivity index (χ0n) is 12.5. The summed E-state index contributed by atoms with van der Waals surface area (Å²) >= 11 is 0. The Morgan fingerprint density at radius 1 is 0.857 bits per heavy atom. The fourth-order valence-electron chi connectivity index (χ4n) is 1.13. The lowest BCUT2D eigenvalue weighted by atomic mass is 10.3.